The van der Waals surface area contributed by atoms with Crippen LogP contribution < -0.4 is 15.2 Å². The zero-order valence-electron chi connectivity index (χ0n) is 21.6. The summed E-state index contributed by atoms with van der Waals surface area (Å²) in [6.45, 7) is 2.14. The summed E-state index contributed by atoms with van der Waals surface area (Å²) in [6, 6.07) is 13.6. The van der Waals surface area contributed by atoms with E-state index >= 15 is 4.39 Å². The number of pyridine rings is 3. The first kappa shape index (κ1) is 25.6. The SMILES string of the molecule is O=C(O)c1cn(C2CC2)c2cc(N3CCN(CC(=O)N(c4ccccn4)c4ccccn4)CC3)c(F)cc2c1=O. The normalized spacial score (nSPS) is 15.8. The van der Waals surface area contributed by atoms with Crippen molar-refractivity contribution in [3.05, 3.63) is 88.7 Å². The Kier molecular flexibility index (Phi) is 6.72. The number of hydrogen-bond acceptors (Lipinski definition) is 7. The lowest BCUT2D eigenvalue weighted by Gasteiger charge is -2.36. The molecule has 0 unspecified atom stereocenters. The topological polar surface area (TPSA) is 112 Å². The smallest absolute Gasteiger partial charge is 0.341 e. The van der Waals surface area contributed by atoms with Gasteiger partial charge >= 0.3 is 5.97 Å². The van der Waals surface area contributed by atoms with Crippen molar-refractivity contribution in [3.63, 3.8) is 0 Å². The summed E-state index contributed by atoms with van der Waals surface area (Å²) in [5.41, 5.74) is -0.138. The maximum atomic E-state index is 15.3. The molecule has 1 saturated carbocycles. The molecule has 2 fully saturated rings. The van der Waals surface area contributed by atoms with E-state index in [-0.39, 0.29) is 29.4 Å². The Morgan fingerprint density at radius 3 is 2.17 bits per heavy atom. The highest BCUT2D eigenvalue weighted by molar-refractivity contribution is 6.00. The third kappa shape index (κ3) is 4.91. The van der Waals surface area contributed by atoms with E-state index in [9.17, 15) is 19.5 Å². The monoisotopic (exact) mass is 542 g/mol. The van der Waals surface area contributed by atoms with Crippen molar-refractivity contribution in [2.24, 2.45) is 0 Å². The van der Waals surface area contributed by atoms with Gasteiger partial charge in [0, 0.05) is 56.2 Å². The Balaban J connectivity index is 1.21. The number of fused-ring (bicyclic) bond motifs is 1. The van der Waals surface area contributed by atoms with Gasteiger partial charge in [-0.3, -0.25) is 14.5 Å². The van der Waals surface area contributed by atoms with Crippen LogP contribution in [-0.2, 0) is 4.79 Å². The molecule has 2 aliphatic rings. The molecule has 11 heteroatoms. The van der Waals surface area contributed by atoms with Gasteiger partial charge in [-0.25, -0.2) is 24.1 Å². The van der Waals surface area contributed by atoms with Crippen molar-refractivity contribution < 1.29 is 19.1 Å². The fourth-order valence-corrected chi connectivity index (χ4v) is 5.16. The zero-order valence-corrected chi connectivity index (χ0v) is 21.6. The van der Waals surface area contributed by atoms with Gasteiger partial charge in [-0.05, 0) is 49.2 Å². The van der Waals surface area contributed by atoms with E-state index in [1.54, 1.807) is 47.3 Å². The number of aromatic nitrogens is 3. The molecule has 1 saturated heterocycles. The van der Waals surface area contributed by atoms with Crippen LogP contribution in [-0.4, -0.2) is 69.1 Å². The molecule has 10 nitrogen and oxygen atoms in total. The number of benzene rings is 1. The van der Waals surface area contributed by atoms with Gasteiger partial charge in [-0.15, -0.1) is 0 Å². The standard InChI is InChI=1S/C29H27FN6O4/c30-22-15-20-23(35(19-7-8-19)17-21(28(20)38)29(39)40)16-24(22)34-13-11-33(12-14-34)18-27(37)36(25-5-1-3-9-31-25)26-6-2-4-10-32-26/h1-6,9-10,15-17,19H,7-8,11-14,18H2,(H,39,40). The van der Waals surface area contributed by atoms with Gasteiger partial charge in [0.15, 0.2) is 0 Å². The number of rotatable bonds is 7. The third-order valence-electron chi connectivity index (χ3n) is 7.35. The molecule has 1 aliphatic heterocycles. The van der Waals surface area contributed by atoms with Gasteiger partial charge in [0.2, 0.25) is 11.3 Å². The zero-order chi connectivity index (χ0) is 27.8. The molecule has 1 N–H and O–H groups in total. The second-order valence-electron chi connectivity index (χ2n) is 10.0. The molecule has 0 bridgehead atoms. The fraction of sp³-hybridized carbons (Fsp3) is 0.276. The van der Waals surface area contributed by atoms with Crippen LogP contribution in [0.4, 0.5) is 21.7 Å². The van der Waals surface area contributed by atoms with E-state index in [1.165, 1.54) is 11.1 Å². The van der Waals surface area contributed by atoms with E-state index in [0.29, 0.717) is 49.0 Å². The molecule has 1 aromatic carbocycles. The quantitative estimate of drug-likeness (QED) is 0.378. The van der Waals surface area contributed by atoms with Gasteiger partial charge < -0.3 is 14.6 Å². The minimum Gasteiger partial charge on any atom is -0.477 e. The van der Waals surface area contributed by atoms with Gasteiger partial charge in [0.1, 0.15) is 23.0 Å². The van der Waals surface area contributed by atoms with Gasteiger partial charge in [-0.1, -0.05) is 12.1 Å². The first-order valence-corrected chi connectivity index (χ1v) is 13.1. The number of halogens is 1. The van der Waals surface area contributed by atoms with E-state index < -0.39 is 17.2 Å². The molecule has 4 heterocycles. The van der Waals surface area contributed by atoms with Crippen molar-refractivity contribution >= 4 is 40.1 Å². The molecule has 3 aromatic heterocycles. The third-order valence-corrected chi connectivity index (χ3v) is 7.35. The molecule has 6 rings (SSSR count). The molecule has 0 spiro atoms. The minimum absolute atomic E-state index is 0.0708. The van der Waals surface area contributed by atoms with Crippen LogP contribution in [0.5, 0.6) is 0 Å². The van der Waals surface area contributed by atoms with Crippen LogP contribution in [0.2, 0.25) is 0 Å². The van der Waals surface area contributed by atoms with Gasteiger partial charge in [0.25, 0.3) is 0 Å². The van der Waals surface area contributed by atoms with Crippen molar-refractivity contribution in [1.82, 2.24) is 19.4 Å². The molecule has 204 valence electrons. The predicted molar refractivity (Wildman–Crippen MR) is 148 cm³/mol. The number of amides is 1. The molecular weight excluding hydrogens is 515 g/mol. The number of carboxylic acids is 1. The summed E-state index contributed by atoms with van der Waals surface area (Å²) in [6.07, 6.45) is 6.39. The molecule has 4 aromatic rings. The minimum atomic E-state index is -1.32. The second kappa shape index (κ2) is 10.5. The highest BCUT2D eigenvalue weighted by atomic mass is 19.1. The number of aromatic carboxylic acids is 1. The van der Waals surface area contributed by atoms with Crippen LogP contribution in [0.3, 0.4) is 0 Å². The lowest BCUT2D eigenvalue weighted by Crippen LogP contribution is -2.50. The molecule has 0 atom stereocenters. The number of carboxylic acid groups (broad SMARTS) is 1. The Bertz CT molecular complexity index is 1590. The van der Waals surface area contributed by atoms with Crippen molar-refractivity contribution in [1.29, 1.82) is 0 Å². The molecular formula is C29H27FN6O4. The van der Waals surface area contributed by atoms with Crippen molar-refractivity contribution in [2.45, 2.75) is 18.9 Å². The largest absolute Gasteiger partial charge is 0.477 e. The predicted octanol–water partition coefficient (Wildman–Crippen LogP) is 3.45. The van der Waals surface area contributed by atoms with Crippen LogP contribution in [0.15, 0.2) is 71.9 Å². The first-order chi connectivity index (χ1) is 19.4. The highest BCUT2D eigenvalue weighted by Gasteiger charge is 2.29. The summed E-state index contributed by atoms with van der Waals surface area (Å²) in [7, 11) is 0. The maximum Gasteiger partial charge on any atom is 0.341 e. The molecule has 0 radical (unpaired) electrons. The summed E-state index contributed by atoms with van der Waals surface area (Å²) < 4.78 is 17.1. The average molecular weight is 543 g/mol. The number of carbonyl (C=O) groups excluding carboxylic acids is 1. The Hall–Kier alpha value is -4.64. The summed E-state index contributed by atoms with van der Waals surface area (Å²) in [5.74, 6) is -1.10. The Morgan fingerprint density at radius 1 is 0.975 bits per heavy atom. The summed E-state index contributed by atoms with van der Waals surface area (Å²) in [4.78, 5) is 51.9. The number of piperazine rings is 1. The molecule has 40 heavy (non-hydrogen) atoms. The summed E-state index contributed by atoms with van der Waals surface area (Å²) in [5, 5.41) is 9.55. The number of hydrogen-bond donors (Lipinski definition) is 1. The first-order valence-electron chi connectivity index (χ1n) is 13.1. The fourth-order valence-electron chi connectivity index (χ4n) is 5.16. The van der Waals surface area contributed by atoms with E-state index in [2.05, 4.69) is 9.97 Å². The number of anilines is 3. The van der Waals surface area contributed by atoms with E-state index in [0.717, 1.165) is 18.9 Å². The van der Waals surface area contributed by atoms with Crippen LogP contribution in [0.1, 0.15) is 29.2 Å². The molecule has 1 aliphatic carbocycles. The summed E-state index contributed by atoms with van der Waals surface area (Å²) >= 11 is 0. The van der Waals surface area contributed by atoms with Crippen LogP contribution in [0.25, 0.3) is 10.9 Å². The van der Waals surface area contributed by atoms with E-state index in [4.69, 9.17) is 0 Å². The number of nitrogens with zero attached hydrogens (tertiary/aromatic N) is 6. The van der Waals surface area contributed by atoms with Crippen LogP contribution in [0, 0.1) is 5.82 Å². The Labute approximate surface area is 228 Å². The highest BCUT2D eigenvalue weighted by Crippen LogP contribution is 2.38. The number of carbonyl (C=O) groups is 2. The van der Waals surface area contributed by atoms with Crippen LogP contribution >= 0.6 is 0 Å². The van der Waals surface area contributed by atoms with Gasteiger partial charge in [-0.2, -0.15) is 0 Å². The molecule has 1 amide bonds. The van der Waals surface area contributed by atoms with Gasteiger partial charge in [0.05, 0.1) is 17.7 Å². The second-order valence-corrected chi connectivity index (χ2v) is 10.0. The lowest BCUT2D eigenvalue weighted by molar-refractivity contribution is -0.119. The van der Waals surface area contributed by atoms with Crippen molar-refractivity contribution in [3.8, 4) is 0 Å². The average Bonchev–Trinajstić information content (AvgIpc) is 3.80. The maximum absolute atomic E-state index is 15.3. The van der Waals surface area contributed by atoms with Crippen molar-refractivity contribution in [2.75, 3.05) is 42.5 Å². The van der Waals surface area contributed by atoms with E-state index in [1.807, 2.05) is 21.9 Å². The Morgan fingerprint density at radius 2 is 1.62 bits per heavy atom. The lowest BCUT2D eigenvalue weighted by atomic mass is 10.1.